The van der Waals surface area contributed by atoms with Crippen LogP contribution in [0.25, 0.3) is 0 Å². The van der Waals surface area contributed by atoms with Gasteiger partial charge in [-0.15, -0.1) is 0 Å². The molecule has 0 bridgehead atoms. The second-order valence-corrected chi connectivity index (χ2v) is 6.25. The lowest BCUT2D eigenvalue weighted by atomic mass is 9.74. The van der Waals surface area contributed by atoms with Crippen molar-refractivity contribution in [3.63, 3.8) is 0 Å². The van der Waals surface area contributed by atoms with Crippen molar-refractivity contribution in [1.82, 2.24) is 4.90 Å². The Balaban J connectivity index is 2.25. The van der Waals surface area contributed by atoms with Gasteiger partial charge in [0.05, 0.1) is 24.6 Å². The van der Waals surface area contributed by atoms with E-state index >= 15 is 0 Å². The van der Waals surface area contributed by atoms with Crippen molar-refractivity contribution in [1.29, 1.82) is 5.26 Å². The Morgan fingerprint density at radius 3 is 2.62 bits per heavy atom. The van der Waals surface area contributed by atoms with Gasteiger partial charge in [-0.3, -0.25) is 9.69 Å². The van der Waals surface area contributed by atoms with Gasteiger partial charge in [0.2, 0.25) is 0 Å². The molecule has 2 rings (SSSR count). The van der Waals surface area contributed by atoms with Crippen molar-refractivity contribution in [2.75, 3.05) is 26.2 Å². The minimum absolute atomic E-state index is 0.0615. The zero-order valence-electron chi connectivity index (χ0n) is 14.6. The molecule has 0 spiro atoms. The van der Waals surface area contributed by atoms with Crippen LogP contribution in [-0.2, 0) is 10.2 Å². The predicted molar refractivity (Wildman–Crippen MR) is 89.5 cm³/mol. The molecule has 0 unspecified atom stereocenters. The van der Waals surface area contributed by atoms with E-state index in [0.717, 1.165) is 0 Å². The molecule has 1 saturated heterocycles. The van der Waals surface area contributed by atoms with Gasteiger partial charge >= 0.3 is 12.6 Å². The molecular formula is C18H22F2N2O4. The highest BCUT2D eigenvalue weighted by atomic mass is 19.3. The SMILES string of the molecule is CCCOc1cc(C2(C#N)CCN(CC(=O)O)CC2)ccc1OC(F)F. The maximum atomic E-state index is 12.6. The highest BCUT2D eigenvalue weighted by Crippen LogP contribution is 2.39. The van der Waals surface area contributed by atoms with Crippen molar-refractivity contribution in [2.24, 2.45) is 0 Å². The number of carboxylic acid groups (broad SMARTS) is 1. The van der Waals surface area contributed by atoms with Gasteiger partial charge in [0, 0.05) is 13.1 Å². The van der Waals surface area contributed by atoms with Crippen LogP contribution in [0.5, 0.6) is 11.5 Å². The molecule has 0 saturated carbocycles. The summed E-state index contributed by atoms with van der Waals surface area (Å²) in [7, 11) is 0. The fourth-order valence-corrected chi connectivity index (χ4v) is 3.07. The summed E-state index contributed by atoms with van der Waals surface area (Å²) in [6, 6.07) is 6.92. The molecule has 6 nitrogen and oxygen atoms in total. The Morgan fingerprint density at radius 2 is 2.08 bits per heavy atom. The van der Waals surface area contributed by atoms with Crippen molar-refractivity contribution in [3.8, 4) is 17.6 Å². The zero-order valence-corrected chi connectivity index (χ0v) is 14.6. The molecule has 1 aliphatic heterocycles. The van der Waals surface area contributed by atoms with E-state index in [2.05, 4.69) is 10.8 Å². The number of rotatable bonds is 8. The number of hydrogen-bond acceptors (Lipinski definition) is 5. The van der Waals surface area contributed by atoms with E-state index in [1.54, 1.807) is 17.0 Å². The number of ether oxygens (including phenoxy) is 2. The first kappa shape index (κ1) is 19.9. The number of carboxylic acids is 1. The summed E-state index contributed by atoms with van der Waals surface area (Å²) in [5.41, 5.74) is -0.134. The summed E-state index contributed by atoms with van der Waals surface area (Å²) >= 11 is 0. The van der Waals surface area contributed by atoms with E-state index in [-0.39, 0.29) is 18.0 Å². The van der Waals surface area contributed by atoms with Gasteiger partial charge < -0.3 is 14.6 Å². The summed E-state index contributed by atoms with van der Waals surface area (Å²) < 4.78 is 35.2. The normalized spacial score (nSPS) is 16.9. The first-order valence-electron chi connectivity index (χ1n) is 8.47. The third kappa shape index (κ3) is 4.82. The molecule has 142 valence electrons. The molecule has 0 aliphatic carbocycles. The molecule has 1 heterocycles. The molecule has 26 heavy (non-hydrogen) atoms. The van der Waals surface area contributed by atoms with Gasteiger partial charge in [-0.1, -0.05) is 13.0 Å². The number of carbonyl (C=O) groups is 1. The van der Waals surface area contributed by atoms with Crippen LogP contribution in [0.2, 0.25) is 0 Å². The minimum Gasteiger partial charge on any atom is -0.490 e. The van der Waals surface area contributed by atoms with Gasteiger partial charge in [0.15, 0.2) is 11.5 Å². The van der Waals surface area contributed by atoms with E-state index in [4.69, 9.17) is 9.84 Å². The zero-order chi connectivity index (χ0) is 19.2. The number of piperidine rings is 1. The molecule has 1 N–H and O–H groups in total. The number of benzene rings is 1. The largest absolute Gasteiger partial charge is 0.490 e. The Morgan fingerprint density at radius 1 is 1.38 bits per heavy atom. The maximum absolute atomic E-state index is 12.6. The maximum Gasteiger partial charge on any atom is 0.387 e. The van der Waals surface area contributed by atoms with Gasteiger partial charge in [-0.25, -0.2) is 0 Å². The smallest absolute Gasteiger partial charge is 0.387 e. The van der Waals surface area contributed by atoms with E-state index in [0.29, 0.717) is 44.5 Å². The van der Waals surface area contributed by atoms with E-state index in [1.165, 1.54) is 6.07 Å². The Kier molecular flexibility index (Phi) is 6.75. The predicted octanol–water partition coefficient (Wildman–Crippen LogP) is 3.02. The van der Waals surface area contributed by atoms with Crippen LogP contribution in [0, 0.1) is 11.3 Å². The van der Waals surface area contributed by atoms with Gasteiger partial charge in [-0.05, 0) is 37.0 Å². The fraction of sp³-hybridized carbons (Fsp3) is 0.556. The highest BCUT2D eigenvalue weighted by molar-refractivity contribution is 5.69. The molecule has 0 amide bonds. The topological polar surface area (TPSA) is 82.8 Å². The second kappa shape index (κ2) is 8.81. The van der Waals surface area contributed by atoms with Crippen LogP contribution in [-0.4, -0.2) is 48.8 Å². The molecular weight excluding hydrogens is 346 g/mol. The first-order chi connectivity index (χ1) is 12.4. The number of nitriles is 1. The van der Waals surface area contributed by atoms with Crippen LogP contribution in [0.3, 0.4) is 0 Å². The standard InChI is InChI=1S/C18H22F2N2O4/c1-2-9-25-15-10-13(3-4-14(15)26-17(19)20)18(12-21)5-7-22(8-6-18)11-16(23)24/h3-4,10,17H,2,5-9,11H2,1H3,(H,23,24). The number of aliphatic carboxylic acids is 1. The summed E-state index contributed by atoms with van der Waals surface area (Å²) in [6.07, 6.45) is 1.62. The minimum atomic E-state index is -2.96. The third-order valence-corrected chi connectivity index (χ3v) is 4.46. The monoisotopic (exact) mass is 368 g/mol. The number of halogens is 2. The molecule has 0 aromatic heterocycles. The lowest BCUT2D eigenvalue weighted by molar-refractivity contribution is -0.138. The molecule has 0 radical (unpaired) electrons. The van der Waals surface area contributed by atoms with Crippen molar-refractivity contribution in [3.05, 3.63) is 23.8 Å². The highest BCUT2D eigenvalue weighted by Gasteiger charge is 2.37. The van der Waals surface area contributed by atoms with Crippen molar-refractivity contribution >= 4 is 5.97 Å². The van der Waals surface area contributed by atoms with Gasteiger partial charge in [-0.2, -0.15) is 14.0 Å². The quantitative estimate of drug-likeness (QED) is 0.759. The third-order valence-electron chi connectivity index (χ3n) is 4.46. The average molecular weight is 368 g/mol. The van der Waals surface area contributed by atoms with Gasteiger partial charge in [0.1, 0.15) is 0 Å². The number of likely N-dealkylation sites (tertiary alicyclic amines) is 1. The van der Waals surface area contributed by atoms with Crippen LogP contribution >= 0.6 is 0 Å². The second-order valence-electron chi connectivity index (χ2n) is 6.25. The van der Waals surface area contributed by atoms with Crippen LogP contribution in [0.4, 0.5) is 8.78 Å². The van der Waals surface area contributed by atoms with E-state index in [9.17, 15) is 18.8 Å². The summed E-state index contributed by atoms with van der Waals surface area (Å²) in [5.74, 6) is -0.779. The molecule has 1 aliphatic rings. The number of alkyl halides is 2. The average Bonchev–Trinajstić information content (AvgIpc) is 2.61. The Labute approximate surface area is 150 Å². The molecule has 0 atom stereocenters. The molecule has 8 heteroatoms. The number of nitrogens with zero attached hydrogens (tertiary/aromatic N) is 2. The van der Waals surface area contributed by atoms with Crippen LogP contribution in [0.15, 0.2) is 18.2 Å². The van der Waals surface area contributed by atoms with Crippen molar-refractivity contribution < 1.29 is 28.2 Å². The summed E-state index contributed by atoms with van der Waals surface area (Å²) in [4.78, 5) is 12.6. The van der Waals surface area contributed by atoms with Crippen LogP contribution < -0.4 is 9.47 Å². The Bertz CT molecular complexity index is 668. The van der Waals surface area contributed by atoms with Crippen LogP contribution in [0.1, 0.15) is 31.7 Å². The number of hydrogen-bond donors (Lipinski definition) is 1. The molecule has 1 fully saturated rings. The molecule has 1 aromatic rings. The lowest BCUT2D eigenvalue weighted by Gasteiger charge is -2.37. The summed E-state index contributed by atoms with van der Waals surface area (Å²) in [5, 5.41) is 18.7. The first-order valence-corrected chi connectivity index (χ1v) is 8.47. The lowest BCUT2D eigenvalue weighted by Crippen LogP contribution is -2.43. The summed E-state index contributed by atoms with van der Waals surface area (Å²) in [6.45, 7) is 0.157. The fourth-order valence-electron chi connectivity index (χ4n) is 3.07. The Hall–Kier alpha value is -2.40. The van der Waals surface area contributed by atoms with E-state index < -0.39 is 18.0 Å². The molecule has 1 aromatic carbocycles. The van der Waals surface area contributed by atoms with E-state index in [1.807, 2.05) is 6.92 Å². The van der Waals surface area contributed by atoms with Crippen molar-refractivity contribution in [2.45, 2.75) is 38.2 Å². The van der Waals surface area contributed by atoms with Gasteiger partial charge in [0.25, 0.3) is 0 Å².